The molecule has 0 heterocycles. The molecule has 1 N–H and O–H groups in total. The predicted molar refractivity (Wildman–Crippen MR) is 54.9 cm³/mol. The van der Waals surface area contributed by atoms with Crippen LogP contribution in [-0.4, -0.2) is 30.4 Å². The molecule has 1 aromatic rings. The molecule has 1 atom stereocenters. The molecule has 0 aromatic heterocycles. The van der Waals surface area contributed by atoms with Crippen LogP contribution in [0.3, 0.4) is 0 Å². The highest BCUT2D eigenvalue weighted by molar-refractivity contribution is 5.72. The lowest BCUT2D eigenvalue weighted by molar-refractivity contribution is -0.152. The molecule has 17 heavy (non-hydrogen) atoms. The fourth-order valence-electron chi connectivity index (χ4n) is 1.15. The Bertz CT molecular complexity index is 395. The zero-order chi connectivity index (χ0) is 12.8. The molecule has 0 amide bonds. The highest BCUT2D eigenvalue weighted by Crippen LogP contribution is 2.17. The van der Waals surface area contributed by atoms with E-state index in [4.69, 9.17) is 14.6 Å². The van der Waals surface area contributed by atoms with E-state index in [9.17, 15) is 13.6 Å². The molecule has 1 unspecified atom stereocenters. The second-order valence-corrected chi connectivity index (χ2v) is 3.17. The van der Waals surface area contributed by atoms with E-state index in [2.05, 4.69) is 0 Å². The largest absolute Gasteiger partial charge is 0.487 e. The van der Waals surface area contributed by atoms with Crippen molar-refractivity contribution in [3.63, 3.8) is 0 Å². The number of ether oxygens (including phenoxy) is 2. The van der Waals surface area contributed by atoms with Crippen LogP contribution in [-0.2, 0) is 9.53 Å². The second-order valence-electron chi connectivity index (χ2n) is 3.17. The van der Waals surface area contributed by atoms with E-state index in [1.165, 1.54) is 0 Å². The lowest BCUT2D eigenvalue weighted by Gasteiger charge is -2.13. The van der Waals surface area contributed by atoms with Crippen molar-refractivity contribution in [3.8, 4) is 5.75 Å². The van der Waals surface area contributed by atoms with Crippen LogP contribution in [0.5, 0.6) is 5.75 Å². The van der Waals surface area contributed by atoms with Crippen LogP contribution >= 0.6 is 0 Å². The van der Waals surface area contributed by atoms with Crippen molar-refractivity contribution in [1.82, 2.24) is 0 Å². The first-order valence-electron chi connectivity index (χ1n) is 4.96. The molecule has 0 aliphatic carbocycles. The molecule has 0 bridgehead atoms. The molecule has 0 spiro atoms. The third-order valence-corrected chi connectivity index (χ3v) is 1.93. The number of aliphatic carboxylic acids is 1. The molecule has 1 aromatic carbocycles. The maximum atomic E-state index is 13.1. The Morgan fingerprint density at radius 1 is 1.47 bits per heavy atom. The van der Waals surface area contributed by atoms with Gasteiger partial charge >= 0.3 is 5.97 Å². The minimum atomic E-state index is -1.20. The Morgan fingerprint density at radius 3 is 2.71 bits per heavy atom. The summed E-state index contributed by atoms with van der Waals surface area (Å²) in [7, 11) is 0. The molecular weight excluding hydrogens is 234 g/mol. The van der Waals surface area contributed by atoms with Crippen LogP contribution in [0.2, 0.25) is 0 Å². The Morgan fingerprint density at radius 2 is 2.18 bits per heavy atom. The van der Waals surface area contributed by atoms with E-state index >= 15 is 0 Å². The van der Waals surface area contributed by atoms with Crippen LogP contribution < -0.4 is 4.74 Å². The van der Waals surface area contributed by atoms with Gasteiger partial charge in [-0.3, -0.25) is 0 Å². The highest BCUT2D eigenvalue weighted by atomic mass is 19.1. The Kier molecular flexibility index (Phi) is 4.84. The standard InChI is InChI=1S/C11H12F2O4/c1-2-16-10(11(14)15)6-17-9-4-3-7(12)5-8(9)13/h3-5,10H,2,6H2,1H3,(H,14,15). The fourth-order valence-corrected chi connectivity index (χ4v) is 1.15. The van der Waals surface area contributed by atoms with E-state index in [0.29, 0.717) is 6.07 Å². The molecule has 6 heteroatoms. The molecule has 94 valence electrons. The molecule has 0 radical (unpaired) electrons. The van der Waals surface area contributed by atoms with Crippen molar-refractivity contribution in [1.29, 1.82) is 0 Å². The summed E-state index contributed by atoms with van der Waals surface area (Å²) in [5.74, 6) is -3.02. The maximum absolute atomic E-state index is 13.1. The quantitative estimate of drug-likeness (QED) is 0.832. The summed E-state index contributed by atoms with van der Waals surface area (Å²) in [6, 6.07) is 2.77. The summed E-state index contributed by atoms with van der Waals surface area (Å²) in [4.78, 5) is 10.7. The first-order chi connectivity index (χ1) is 8.04. The number of rotatable bonds is 6. The van der Waals surface area contributed by atoms with Gasteiger partial charge in [0.15, 0.2) is 17.7 Å². The normalized spacial score (nSPS) is 12.2. The van der Waals surface area contributed by atoms with Gasteiger partial charge in [0.25, 0.3) is 0 Å². The van der Waals surface area contributed by atoms with Gasteiger partial charge in [-0.1, -0.05) is 0 Å². The van der Waals surface area contributed by atoms with Gasteiger partial charge in [-0.05, 0) is 19.1 Å². The molecule has 0 aliphatic heterocycles. The molecule has 1 rings (SSSR count). The minimum absolute atomic E-state index is 0.201. The molecule has 0 saturated carbocycles. The molecular formula is C11H12F2O4. The van der Waals surface area contributed by atoms with Gasteiger partial charge in [-0.25, -0.2) is 13.6 Å². The van der Waals surface area contributed by atoms with Crippen molar-refractivity contribution in [2.75, 3.05) is 13.2 Å². The van der Waals surface area contributed by atoms with E-state index in [1.54, 1.807) is 6.92 Å². The van der Waals surface area contributed by atoms with Gasteiger partial charge in [0, 0.05) is 12.7 Å². The summed E-state index contributed by atoms with van der Waals surface area (Å²) in [6.07, 6.45) is -1.18. The molecule has 0 fully saturated rings. The second kappa shape index (κ2) is 6.15. The molecule has 0 aliphatic rings. The average Bonchev–Trinajstić information content (AvgIpc) is 2.25. The SMILES string of the molecule is CCOC(COc1ccc(F)cc1F)C(=O)O. The van der Waals surface area contributed by atoms with Gasteiger partial charge in [0.05, 0.1) is 0 Å². The van der Waals surface area contributed by atoms with E-state index < -0.39 is 23.7 Å². The van der Waals surface area contributed by atoms with Gasteiger partial charge < -0.3 is 14.6 Å². The van der Waals surface area contributed by atoms with Crippen molar-refractivity contribution in [3.05, 3.63) is 29.8 Å². The van der Waals surface area contributed by atoms with E-state index in [0.717, 1.165) is 12.1 Å². The van der Waals surface area contributed by atoms with Crippen LogP contribution in [0.15, 0.2) is 18.2 Å². The Labute approximate surface area is 96.8 Å². The number of carboxylic acids is 1. The Balaban J connectivity index is 2.62. The van der Waals surface area contributed by atoms with Crippen LogP contribution in [0, 0.1) is 11.6 Å². The summed E-state index contributed by atoms with van der Waals surface area (Å²) in [5.41, 5.74) is 0. The van der Waals surface area contributed by atoms with E-state index in [1.807, 2.05) is 0 Å². The summed E-state index contributed by atoms with van der Waals surface area (Å²) in [5, 5.41) is 8.74. The minimum Gasteiger partial charge on any atom is -0.487 e. The number of hydrogen-bond acceptors (Lipinski definition) is 3. The van der Waals surface area contributed by atoms with Gasteiger partial charge in [-0.2, -0.15) is 0 Å². The third kappa shape index (κ3) is 3.99. The number of carbonyl (C=O) groups is 1. The van der Waals surface area contributed by atoms with Crippen LogP contribution in [0.25, 0.3) is 0 Å². The fraction of sp³-hybridized carbons (Fsp3) is 0.364. The lowest BCUT2D eigenvalue weighted by Crippen LogP contribution is -2.30. The van der Waals surface area contributed by atoms with Crippen molar-refractivity contribution >= 4 is 5.97 Å². The van der Waals surface area contributed by atoms with E-state index in [-0.39, 0.29) is 19.0 Å². The van der Waals surface area contributed by atoms with Gasteiger partial charge in [0.2, 0.25) is 0 Å². The summed E-state index contributed by atoms with van der Waals surface area (Å²) in [6.45, 7) is 1.49. The average molecular weight is 246 g/mol. The number of benzene rings is 1. The zero-order valence-corrected chi connectivity index (χ0v) is 9.15. The number of halogens is 2. The maximum Gasteiger partial charge on any atom is 0.336 e. The molecule has 4 nitrogen and oxygen atoms in total. The topological polar surface area (TPSA) is 55.8 Å². The van der Waals surface area contributed by atoms with Crippen molar-refractivity contribution in [2.45, 2.75) is 13.0 Å². The third-order valence-electron chi connectivity index (χ3n) is 1.93. The number of carboxylic acid groups (broad SMARTS) is 1. The smallest absolute Gasteiger partial charge is 0.336 e. The Hall–Kier alpha value is -1.69. The monoisotopic (exact) mass is 246 g/mol. The molecule has 0 saturated heterocycles. The van der Waals surface area contributed by atoms with Crippen molar-refractivity contribution < 1.29 is 28.2 Å². The van der Waals surface area contributed by atoms with Crippen molar-refractivity contribution in [2.24, 2.45) is 0 Å². The zero-order valence-electron chi connectivity index (χ0n) is 9.15. The summed E-state index contributed by atoms with van der Waals surface area (Å²) < 4.78 is 35.5. The first-order valence-corrected chi connectivity index (χ1v) is 4.96. The highest BCUT2D eigenvalue weighted by Gasteiger charge is 2.19. The van der Waals surface area contributed by atoms with Crippen LogP contribution in [0.4, 0.5) is 8.78 Å². The van der Waals surface area contributed by atoms with Crippen LogP contribution in [0.1, 0.15) is 6.92 Å². The number of hydrogen-bond donors (Lipinski definition) is 1. The van der Waals surface area contributed by atoms with Gasteiger partial charge in [0.1, 0.15) is 12.4 Å². The predicted octanol–water partition coefficient (Wildman–Crippen LogP) is 1.83. The van der Waals surface area contributed by atoms with Gasteiger partial charge in [-0.15, -0.1) is 0 Å². The summed E-state index contributed by atoms with van der Waals surface area (Å²) >= 11 is 0. The lowest BCUT2D eigenvalue weighted by atomic mass is 10.3. The first kappa shape index (κ1) is 13.4.